The third kappa shape index (κ3) is 2.76. The summed E-state index contributed by atoms with van der Waals surface area (Å²) in [6.07, 6.45) is -4.78. The average molecular weight is 282 g/mol. The number of aliphatic carboxylic acids is 1. The van der Waals surface area contributed by atoms with E-state index in [1.165, 1.54) is 11.9 Å². The number of amides is 2. The Bertz CT molecular complexity index is 373. The Morgan fingerprint density at radius 1 is 1.42 bits per heavy atom. The van der Waals surface area contributed by atoms with Gasteiger partial charge >= 0.3 is 18.2 Å². The first-order valence-electron chi connectivity index (χ1n) is 5.96. The second-order valence-corrected chi connectivity index (χ2v) is 4.76. The van der Waals surface area contributed by atoms with Crippen LogP contribution >= 0.6 is 0 Å². The van der Waals surface area contributed by atoms with Gasteiger partial charge in [-0.1, -0.05) is 6.92 Å². The van der Waals surface area contributed by atoms with Gasteiger partial charge in [0.1, 0.15) is 0 Å². The molecule has 1 saturated heterocycles. The number of alkyl halides is 3. The van der Waals surface area contributed by atoms with Crippen molar-refractivity contribution in [2.75, 3.05) is 26.7 Å². The van der Waals surface area contributed by atoms with Crippen LogP contribution in [-0.4, -0.2) is 59.8 Å². The van der Waals surface area contributed by atoms with Crippen LogP contribution in [0.15, 0.2) is 0 Å². The molecule has 1 atom stereocenters. The molecule has 1 aliphatic heterocycles. The number of halogens is 3. The van der Waals surface area contributed by atoms with Crippen molar-refractivity contribution in [1.29, 1.82) is 0 Å². The van der Waals surface area contributed by atoms with Crippen LogP contribution in [0.3, 0.4) is 0 Å². The van der Waals surface area contributed by atoms with Gasteiger partial charge in [0.05, 0.1) is 0 Å². The van der Waals surface area contributed by atoms with E-state index in [-0.39, 0.29) is 6.54 Å². The summed E-state index contributed by atoms with van der Waals surface area (Å²) in [5.41, 5.74) is -2.84. The second-order valence-electron chi connectivity index (χ2n) is 4.76. The molecule has 0 aromatic rings. The maximum Gasteiger partial charge on any atom is 0.406 e. The standard InChI is InChI=1S/C11H17F3N2O3/c1-3-5-15(2)9(19)16-6-4-10(7-16,8(17)18)11(12,13)14/h3-7H2,1-2H3,(H,17,18). The van der Waals surface area contributed by atoms with Crippen molar-refractivity contribution in [2.45, 2.75) is 25.9 Å². The van der Waals surface area contributed by atoms with E-state index in [2.05, 4.69) is 0 Å². The molecular weight excluding hydrogens is 265 g/mol. The summed E-state index contributed by atoms with van der Waals surface area (Å²) in [5.74, 6) is -1.92. The summed E-state index contributed by atoms with van der Waals surface area (Å²) in [5, 5.41) is 8.87. The number of carbonyl (C=O) groups is 2. The molecular formula is C11H17F3N2O3. The largest absolute Gasteiger partial charge is 0.481 e. The number of carboxylic acid groups (broad SMARTS) is 1. The monoisotopic (exact) mass is 282 g/mol. The molecule has 19 heavy (non-hydrogen) atoms. The van der Waals surface area contributed by atoms with Crippen LogP contribution in [0.2, 0.25) is 0 Å². The third-order valence-corrected chi connectivity index (χ3v) is 3.38. The van der Waals surface area contributed by atoms with Crippen LogP contribution in [0.25, 0.3) is 0 Å². The molecule has 1 aliphatic rings. The molecule has 0 saturated carbocycles. The first kappa shape index (κ1) is 15.6. The van der Waals surface area contributed by atoms with Gasteiger partial charge in [-0.25, -0.2) is 4.79 Å². The molecule has 1 rings (SSSR count). The van der Waals surface area contributed by atoms with Gasteiger partial charge in [-0.2, -0.15) is 13.2 Å². The molecule has 1 unspecified atom stereocenters. The van der Waals surface area contributed by atoms with Crippen LogP contribution in [-0.2, 0) is 4.79 Å². The Hall–Kier alpha value is -1.47. The molecule has 0 bridgehead atoms. The summed E-state index contributed by atoms with van der Waals surface area (Å²) in [6.45, 7) is 1.24. The van der Waals surface area contributed by atoms with Crippen molar-refractivity contribution in [3.05, 3.63) is 0 Å². The second kappa shape index (κ2) is 5.26. The van der Waals surface area contributed by atoms with Gasteiger partial charge in [0, 0.05) is 26.7 Å². The predicted molar refractivity (Wildman–Crippen MR) is 60.6 cm³/mol. The minimum atomic E-state index is -4.86. The number of carboxylic acids is 1. The van der Waals surface area contributed by atoms with E-state index in [9.17, 15) is 22.8 Å². The minimum Gasteiger partial charge on any atom is -0.481 e. The summed E-state index contributed by atoms with van der Waals surface area (Å²) in [4.78, 5) is 25.1. The van der Waals surface area contributed by atoms with Crippen LogP contribution in [0, 0.1) is 5.41 Å². The molecule has 0 aliphatic carbocycles. The summed E-state index contributed by atoms with van der Waals surface area (Å²) < 4.78 is 38.8. The molecule has 0 radical (unpaired) electrons. The van der Waals surface area contributed by atoms with E-state index < -0.39 is 36.6 Å². The summed E-state index contributed by atoms with van der Waals surface area (Å²) in [6, 6.07) is -0.561. The van der Waals surface area contributed by atoms with Gasteiger partial charge in [0.2, 0.25) is 0 Å². The zero-order valence-corrected chi connectivity index (χ0v) is 10.8. The van der Waals surface area contributed by atoms with Crippen LogP contribution < -0.4 is 0 Å². The maximum atomic E-state index is 12.9. The molecule has 0 aromatic heterocycles. The van der Waals surface area contributed by atoms with Gasteiger partial charge in [0.15, 0.2) is 5.41 Å². The molecule has 1 fully saturated rings. The number of urea groups is 1. The Morgan fingerprint density at radius 2 is 2.00 bits per heavy atom. The number of nitrogens with zero attached hydrogens (tertiary/aromatic N) is 2. The van der Waals surface area contributed by atoms with E-state index >= 15 is 0 Å². The Morgan fingerprint density at radius 3 is 2.37 bits per heavy atom. The highest BCUT2D eigenvalue weighted by Gasteiger charge is 2.64. The van der Waals surface area contributed by atoms with Crippen molar-refractivity contribution in [3.8, 4) is 0 Å². The highest BCUT2D eigenvalue weighted by molar-refractivity contribution is 5.80. The molecule has 1 heterocycles. The molecule has 0 aromatic carbocycles. The zero-order chi connectivity index (χ0) is 14.8. The molecule has 0 spiro atoms. The van der Waals surface area contributed by atoms with Gasteiger partial charge in [-0.15, -0.1) is 0 Å². The van der Waals surface area contributed by atoms with Crippen LogP contribution in [0.1, 0.15) is 19.8 Å². The lowest BCUT2D eigenvalue weighted by atomic mass is 9.86. The Balaban J connectivity index is 2.86. The quantitative estimate of drug-likeness (QED) is 0.858. The van der Waals surface area contributed by atoms with E-state index in [0.717, 1.165) is 4.90 Å². The lowest BCUT2D eigenvalue weighted by molar-refractivity contribution is -0.227. The van der Waals surface area contributed by atoms with E-state index in [1.807, 2.05) is 6.92 Å². The van der Waals surface area contributed by atoms with Crippen molar-refractivity contribution >= 4 is 12.0 Å². The zero-order valence-electron chi connectivity index (χ0n) is 10.8. The van der Waals surface area contributed by atoms with E-state index in [0.29, 0.717) is 13.0 Å². The average Bonchev–Trinajstić information content (AvgIpc) is 2.73. The Kier molecular flexibility index (Phi) is 4.32. The number of rotatable bonds is 3. The van der Waals surface area contributed by atoms with Crippen LogP contribution in [0.5, 0.6) is 0 Å². The summed E-state index contributed by atoms with van der Waals surface area (Å²) >= 11 is 0. The number of hydrogen-bond donors (Lipinski definition) is 1. The van der Waals surface area contributed by atoms with Gasteiger partial charge in [-0.3, -0.25) is 4.79 Å². The summed E-state index contributed by atoms with van der Waals surface area (Å²) in [7, 11) is 1.49. The molecule has 110 valence electrons. The van der Waals surface area contributed by atoms with Gasteiger partial charge in [0.25, 0.3) is 0 Å². The first-order valence-corrected chi connectivity index (χ1v) is 5.96. The van der Waals surface area contributed by atoms with E-state index in [1.54, 1.807) is 0 Å². The predicted octanol–water partition coefficient (Wildman–Crippen LogP) is 1.79. The molecule has 5 nitrogen and oxygen atoms in total. The van der Waals surface area contributed by atoms with Gasteiger partial charge < -0.3 is 14.9 Å². The number of hydrogen-bond acceptors (Lipinski definition) is 2. The lowest BCUT2D eigenvalue weighted by Crippen LogP contribution is -2.49. The first-order chi connectivity index (χ1) is 8.65. The highest BCUT2D eigenvalue weighted by atomic mass is 19.4. The maximum absolute atomic E-state index is 12.9. The lowest BCUT2D eigenvalue weighted by Gasteiger charge is -2.28. The smallest absolute Gasteiger partial charge is 0.406 e. The van der Waals surface area contributed by atoms with Crippen molar-refractivity contribution in [1.82, 2.24) is 9.80 Å². The van der Waals surface area contributed by atoms with Gasteiger partial charge in [-0.05, 0) is 12.8 Å². The SMILES string of the molecule is CCCN(C)C(=O)N1CCC(C(=O)O)(C(F)(F)F)C1. The molecule has 8 heteroatoms. The van der Waals surface area contributed by atoms with E-state index in [4.69, 9.17) is 5.11 Å². The van der Waals surface area contributed by atoms with Crippen molar-refractivity contribution < 1.29 is 27.9 Å². The Labute approximate surface area is 109 Å². The third-order valence-electron chi connectivity index (χ3n) is 3.38. The topological polar surface area (TPSA) is 60.9 Å². The fourth-order valence-electron chi connectivity index (χ4n) is 2.17. The molecule has 1 N–H and O–H groups in total. The minimum absolute atomic E-state index is 0.196. The van der Waals surface area contributed by atoms with Crippen molar-refractivity contribution in [2.24, 2.45) is 5.41 Å². The van der Waals surface area contributed by atoms with Crippen molar-refractivity contribution in [3.63, 3.8) is 0 Å². The molecule has 2 amide bonds. The number of carbonyl (C=O) groups excluding carboxylic acids is 1. The highest BCUT2D eigenvalue weighted by Crippen LogP contribution is 2.45. The fourth-order valence-corrected chi connectivity index (χ4v) is 2.17. The van der Waals surface area contributed by atoms with Crippen LogP contribution in [0.4, 0.5) is 18.0 Å². The normalized spacial score (nSPS) is 23.5. The number of likely N-dealkylation sites (tertiary alicyclic amines) is 1. The fraction of sp³-hybridized carbons (Fsp3) is 0.818.